The normalized spacial score (nSPS) is 22.4. The number of nitrogens with zero attached hydrogens (tertiary/aromatic N) is 4. The molecular weight excluding hydrogens is 495 g/mol. The topological polar surface area (TPSA) is 87.8 Å². The number of hydrogen-bond acceptors (Lipinski definition) is 4. The van der Waals surface area contributed by atoms with E-state index in [-0.39, 0.29) is 23.8 Å². The first-order valence-electron chi connectivity index (χ1n) is 13.7. The Labute approximate surface area is 225 Å². The zero-order valence-electron chi connectivity index (χ0n) is 21.7. The van der Waals surface area contributed by atoms with Gasteiger partial charge in [-0.3, -0.25) is 9.59 Å². The molecule has 0 radical (unpaired) electrons. The predicted molar refractivity (Wildman–Crippen MR) is 143 cm³/mol. The summed E-state index contributed by atoms with van der Waals surface area (Å²) in [5.41, 5.74) is 5.79. The van der Waals surface area contributed by atoms with Crippen molar-refractivity contribution in [3.63, 3.8) is 0 Å². The van der Waals surface area contributed by atoms with Gasteiger partial charge in [-0.25, -0.2) is 13.9 Å². The standard InChI is InChI=1S/C31H29FN4O3/c1-17-21-8-3-2-5-18(21)11-12-35(17)30(37)27-15-28(19-6-4-7-19)36-29(33-27)16-26(34-36)22-10-9-20(13-25(22)32)23-14-24(23)31(38)39/h2-3,5,8-10,13,15-17,19,23-24H,4,6-7,11-12,14H2,1H3,(H,38,39)/t17-,23?,24-/m1/s1. The molecule has 0 spiro atoms. The van der Waals surface area contributed by atoms with Gasteiger partial charge in [0.2, 0.25) is 0 Å². The zero-order chi connectivity index (χ0) is 26.8. The lowest BCUT2D eigenvalue weighted by molar-refractivity contribution is -0.138. The van der Waals surface area contributed by atoms with Crippen molar-refractivity contribution >= 4 is 17.5 Å². The van der Waals surface area contributed by atoms with Crippen LogP contribution < -0.4 is 0 Å². The number of hydrogen-bond donors (Lipinski definition) is 1. The third kappa shape index (κ3) is 4.01. The maximum absolute atomic E-state index is 15.3. The Bertz CT molecular complexity index is 1640. The predicted octanol–water partition coefficient (Wildman–Crippen LogP) is 5.75. The van der Waals surface area contributed by atoms with Gasteiger partial charge in [-0.05, 0) is 73.4 Å². The summed E-state index contributed by atoms with van der Waals surface area (Å²) in [7, 11) is 0. The molecule has 8 heteroatoms. The summed E-state index contributed by atoms with van der Waals surface area (Å²) >= 11 is 0. The van der Waals surface area contributed by atoms with Crippen molar-refractivity contribution in [2.75, 3.05) is 6.54 Å². The quantitative estimate of drug-likeness (QED) is 0.359. The average Bonchev–Trinajstić information content (AvgIpc) is 3.60. The number of carbonyl (C=O) groups excluding carboxylic acids is 1. The zero-order valence-corrected chi connectivity index (χ0v) is 21.7. The highest BCUT2D eigenvalue weighted by atomic mass is 19.1. The van der Waals surface area contributed by atoms with Crippen LogP contribution in [0, 0.1) is 11.7 Å². The van der Waals surface area contributed by atoms with Gasteiger partial charge in [-0.2, -0.15) is 5.10 Å². The summed E-state index contributed by atoms with van der Waals surface area (Å²) in [5, 5.41) is 14.0. The number of fused-ring (bicyclic) bond motifs is 2. The first kappa shape index (κ1) is 24.0. The van der Waals surface area contributed by atoms with Crippen molar-refractivity contribution in [1.82, 2.24) is 19.5 Å². The third-order valence-electron chi connectivity index (χ3n) is 8.86. The molecule has 0 bridgehead atoms. The van der Waals surface area contributed by atoms with Crippen molar-refractivity contribution in [1.29, 1.82) is 0 Å². The molecule has 1 N–H and O–H groups in total. The van der Waals surface area contributed by atoms with E-state index in [9.17, 15) is 14.7 Å². The summed E-state index contributed by atoms with van der Waals surface area (Å²) in [6, 6.07) is 16.7. The molecular formula is C31H29FN4O3. The average molecular weight is 525 g/mol. The highest BCUT2D eigenvalue weighted by molar-refractivity contribution is 5.93. The van der Waals surface area contributed by atoms with Gasteiger partial charge in [0.1, 0.15) is 11.5 Å². The highest BCUT2D eigenvalue weighted by Gasteiger charge is 2.44. The Morgan fingerprint density at radius 3 is 2.62 bits per heavy atom. The van der Waals surface area contributed by atoms with Crippen LogP contribution in [0.25, 0.3) is 16.9 Å². The van der Waals surface area contributed by atoms with Gasteiger partial charge in [-0.15, -0.1) is 0 Å². The molecule has 3 heterocycles. The molecule has 39 heavy (non-hydrogen) atoms. The number of benzene rings is 2. The first-order chi connectivity index (χ1) is 18.9. The molecule has 4 aromatic rings. The van der Waals surface area contributed by atoms with Crippen LogP contribution in [0.15, 0.2) is 54.6 Å². The molecule has 2 aromatic heterocycles. The number of rotatable bonds is 5. The Morgan fingerprint density at radius 2 is 1.90 bits per heavy atom. The Balaban J connectivity index is 1.24. The number of halogens is 1. The summed E-state index contributed by atoms with van der Waals surface area (Å²) in [6.45, 7) is 2.69. The Kier molecular flexibility index (Phi) is 5.54. The number of amides is 1. The minimum atomic E-state index is -0.840. The van der Waals surface area contributed by atoms with Gasteiger partial charge in [0.15, 0.2) is 5.65 Å². The number of carboxylic acid groups (broad SMARTS) is 1. The molecule has 2 saturated carbocycles. The molecule has 7 rings (SSSR count). The van der Waals surface area contributed by atoms with E-state index in [0.29, 0.717) is 41.1 Å². The van der Waals surface area contributed by atoms with Crippen LogP contribution in [0.5, 0.6) is 0 Å². The van der Waals surface area contributed by atoms with Gasteiger partial charge in [0.05, 0.1) is 17.7 Å². The molecule has 198 valence electrons. The molecule has 1 aliphatic heterocycles. The number of aliphatic carboxylic acids is 1. The number of aromatic nitrogens is 3. The van der Waals surface area contributed by atoms with E-state index in [1.165, 1.54) is 17.2 Å². The van der Waals surface area contributed by atoms with Crippen LogP contribution in [0.2, 0.25) is 0 Å². The SMILES string of the molecule is C[C@@H]1c2ccccc2CCN1C(=O)c1cc(C2CCC2)n2nc(-c3ccc(C4C[C@H]4C(=O)O)cc3F)cc2n1. The van der Waals surface area contributed by atoms with E-state index in [1.54, 1.807) is 22.7 Å². The van der Waals surface area contributed by atoms with Crippen LogP contribution in [0.4, 0.5) is 4.39 Å². The van der Waals surface area contributed by atoms with Crippen molar-refractivity contribution in [3.8, 4) is 11.3 Å². The van der Waals surface area contributed by atoms with Crippen LogP contribution >= 0.6 is 0 Å². The minimum Gasteiger partial charge on any atom is -0.481 e. The van der Waals surface area contributed by atoms with Crippen molar-refractivity contribution in [3.05, 3.63) is 88.5 Å². The van der Waals surface area contributed by atoms with Crippen molar-refractivity contribution in [2.45, 2.75) is 56.9 Å². The summed E-state index contributed by atoms with van der Waals surface area (Å²) in [4.78, 5) is 31.6. The molecule has 2 aliphatic carbocycles. The monoisotopic (exact) mass is 524 g/mol. The fraction of sp³-hybridized carbons (Fsp3) is 0.355. The van der Waals surface area contributed by atoms with Gasteiger partial charge >= 0.3 is 5.97 Å². The third-order valence-corrected chi connectivity index (χ3v) is 8.86. The summed E-state index contributed by atoms with van der Waals surface area (Å²) in [6.07, 6.45) is 4.51. The molecule has 3 atom stereocenters. The van der Waals surface area contributed by atoms with Crippen molar-refractivity contribution < 1.29 is 19.1 Å². The van der Waals surface area contributed by atoms with Gasteiger partial charge in [0.25, 0.3) is 5.91 Å². The molecule has 2 fully saturated rings. The number of carbonyl (C=O) groups is 2. The molecule has 1 amide bonds. The molecule has 7 nitrogen and oxygen atoms in total. The molecule has 0 saturated heterocycles. The Hall–Kier alpha value is -4.07. The lowest BCUT2D eigenvalue weighted by Crippen LogP contribution is -2.39. The first-order valence-corrected chi connectivity index (χ1v) is 13.7. The smallest absolute Gasteiger partial charge is 0.307 e. The van der Waals surface area contributed by atoms with Gasteiger partial charge in [-0.1, -0.05) is 36.8 Å². The van der Waals surface area contributed by atoms with Gasteiger partial charge < -0.3 is 10.0 Å². The Morgan fingerprint density at radius 1 is 1.08 bits per heavy atom. The lowest BCUT2D eigenvalue weighted by Gasteiger charge is -2.35. The summed E-state index contributed by atoms with van der Waals surface area (Å²) in [5.74, 6) is -1.68. The second-order valence-corrected chi connectivity index (χ2v) is 11.1. The lowest BCUT2D eigenvalue weighted by atomic mass is 9.82. The van der Waals surface area contributed by atoms with Crippen LogP contribution in [0.1, 0.15) is 83.4 Å². The van der Waals surface area contributed by atoms with E-state index in [4.69, 9.17) is 10.1 Å². The maximum atomic E-state index is 15.3. The van der Waals surface area contributed by atoms with Gasteiger partial charge in [0, 0.05) is 29.8 Å². The second kappa shape index (κ2) is 9.00. The maximum Gasteiger partial charge on any atom is 0.307 e. The fourth-order valence-electron chi connectivity index (χ4n) is 6.24. The molecule has 2 aromatic carbocycles. The van der Waals surface area contributed by atoms with Crippen LogP contribution in [-0.2, 0) is 11.2 Å². The van der Waals surface area contributed by atoms with Crippen molar-refractivity contribution in [2.24, 2.45) is 5.92 Å². The largest absolute Gasteiger partial charge is 0.481 e. The van der Waals surface area contributed by atoms with E-state index in [1.807, 2.05) is 23.1 Å². The highest BCUT2D eigenvalue weighted by Crippen LogP contribution is 2.48. The van der Waals surface area contributed by atoms with E-state index < -0.39 is 17.7 Å². The van der Waals surface area contributed by atoms with E-state index in [0.717, 1.165) is 31.4 Å². The second-order valence-electron chi connectivity index (χ2n) is 11.1. The van der Waals surface area contributed by atoms with Crippen LogP contribution in [0.3, 0.4) is 0 Å². The van der Waals surface area contributed by atoms with E-state index >= 15 is 4.39 Å². The number of carboxylic acids is 1. The summed E-state index contributed by atoms with van der Waals surface area (Å²) < 4.78 is 17.0. The molecule has 3 aliphatic rings. The minimum absolute atomic E-state index is 0.0482. The van der Waals surface area contributed by atoms with Crippen LogP contribution in [-0.4, -0.2) is 43.0 Å². The van der Waals surface area contributed by atoms with E-state index in [2.05, 4.69) is 19.1 Å². The fourth-order valence-corrected chi connectivity index (χ4v) is 6.24. The molecule has 1 unspecified atom stereocenters.